The molecule has 0 radical (unpaired) electrons. The van der Waals surface area contributed by atoms with E-state index in [1.807, 2.05) is 10.8 Å². The Morgan fingerprint density at radius 3 is 3.00 bits per heavy atom. The van der Waals surface area contributed by atoms with Crippen LogP contribution in [0.15, 0.2) is 12.4 Å². The lowest BCUT2D eigenvalue weighted by molar-refractivity contribution is -0.137. The number of rotatable bonds is 3. The Balaban J connectivity index is 1.92. The van der Waals surface area contributed by atoms with Crippen LogP contribution in [-0.2, 0) is 17.9 Å². The van der Waals surface area contributed by atoms with Gasteiger partial charge in [-0.05, 0) is 0 Å². The van der Waals surface area contributed by atoms with Crippen LogP contribution in [0, 0.1) is 0 Å². The van der Waals surface area contributed by atoms with Gasteiger partial charge in [-0.3, -0.25) is 4.79 Å². The largest absolute Gasteiger partial charge is 0.481 e. The monoisotopic (exact) mass is 252 g/mol. The lowest BCUT2D eigenvalue weighted by Gasteiger charge is -2.31. The summed E-state index contributed by atoms with van der Waals surface area (Å²) in [5, 5.41) is 8.59. The number of hydrogen-bond acceptors (Lipinski definition) is 3. The highest BCUT2D eigenvalue weighted by Gasteiger charge is 2.23. The molecule has 0 aromatic carbocycles. The summed E-state index contributed by atoms with van der Waals surface area (Å²) in [6, 6.07) is -0.148. The van der Waals surface area contributed by atoms with Gasteiger partial charge in [0.2, 0.25) is 0 Å². The van der Waals surface area contributed by atoms with Crippen molar-refractivity contribution in [3.05, 3.63) is 18.2 Å². The molecule has 18 heavy (non-hydrogen) atoms. The molecule has 1 aromatic rings. The first-order chi connectivity index (χ1) is 8.58. The maximum atomic E-state index is 12.1. The molecule has 0 spiro atoms. The predicted molar refractivity (Wildman–Crippen MR) is 62.9 cm³/mol. The third kappa shape index (κ3) is 2.61. The van der Waals surface area contributed by atoms with E-state index >= 15 is 0 Å². The molecule has 0 fully saturated rings. The van der Waals surface area contributed by atoms with Gasteiger partial charge in [0, 0.05) is 39.1 Å². The van der Waals surface area contributed by atoms with Crippen molar-refractivity contribution >= 4 is 12.0 Å². The van der Waals surface area contributed by atoms with Gasteiger partial charge in [-0.1, -0.05) is 0 Å². The molecule has 0 atom stereocenters. The van der Waals surface area contributed by atoms with Crippen molar-refractivity contribution in [3.8, 4) is 0 Å². The Morgan fingerprint density at radius 1 is 1.50 bits per heavy atom. The number of carbonyl (C=O) groups excluding carboxylic acids is 1. The molecule has 7 heteroatoms. The van der Waals surface area contributed by atoms with E-state index in [4.69, 9.17) is 5.11 Å². The molecule has 1 N–H and O–H groups in total. The van der Waals surface area contributed by atoms with Crippen LogP contribution in [0.3, 0.4) is 0 Å². The number of aromatic nitrogens is 2. The third-order valence-corrected chi connectivity index (χ3v) is 3.00. The standard InChI is InChI=1S/C11H16N4O3/c1-13(4-2-10(16)17)11(18)15-7-6-14-5-3-12-9(14)8-15/h3,5H,2,4,6-8H2,1H3,(H,16,17). The van der Waals surface area contributed by atoms with Gasteiger partial charge >= 0.3 is 12.0 Å². The quantitative estimate of drug-likeness (QED) is 0.835. The number of fused-ring (bicyclic) bond motifs is 1. The number of urea groups is 1. The minimum absolute atomic E-state index is 0.0370. The smallest absolute Gasteiger partial charge is 0.320 e. The summed E-state index contributed by atoms with van der Waals surface area (Å²) in [7, 11) is 1.62. The molecule has 2 heterocycles. The second kappa shape index (κ2) is 5.07. The van der Waals surface area contributed by atoms with Gasteiger partial charge in [0.25, 0.3) is 0 Å². The van der Waals surface area contributed by atoms with Crippen LogP contribution in [0.1, 0.15) is 12.2 Å². The van der Waals surface area contributed by atoms with E-state index in [0.717, 1.165) is 12.4 Å². The Morgan fingerprint density at radius 2 is 2.28 bits per heavy atom. The number of carboxylic acids is 1. The van der Waals surface area contributed by atoms with Crippen LogP contribution >= 0.6 is 0 Å². The van der Waals surface area contributed by atoms with E-state index in [0.29, 0.717) is 13.1 Å². The molecule has 1 aliphatic heterocycles. The average molecular weight is 252 g/mol. The fourth-order valence-electron chi connectivity index (χ4n) is 1.94. The summed E-state index contributed by atoms with van der Waals surface area (Å²) in [4.78, 5) is 29.8. The van der Waals surface area contributed by atoms with Crippen LogP contribution in [0.2, 0.25) is 0 Å². The molecule has 0 unspecified atom stereocenters. The molecule has 0 saturated heterocycles. The van der Waals surface area contributed by atoms with E-state index in [-0.39, 0.29) is 19.0 Å². The zero-order valence-corrected chi connectivity index (χ0v) is 10.2. The van der Waals surface area contributed by atoms with E-state index < -0.39 is 5.97 Å². The minimum Gasteiger partial charge on any atom is -0.481 e. The second-order valence-corrected chi connectivity index (χ2v) is 4.31. The van der Waals surface area contributed by atoms with Gasteiger partial charge in [-0.2, -0.15) is 0 Å². The Bertz CT molecular complexity index is 457. The molecule has 98 valence electrons. The summed E-state index contributed by atoms with van der Waals surface area (Å²) in [5.74, 6) is -0.0370. The van der Waals surface area contributed by atoms with Crippen LogP contribution in [0.5, 0.6) is 0 Å². The van der Waals surface area contributed by atoms with Gasteiger partial charge in [-0.25, -0.2) is 9.78 Å². The molecule has 2 rings (SSSR count). The minimum atomic E-state index is -0.899. The van der Waals surface area contributed by atoms with Gasteiger partial charge in [0.05, 0.1) is 13.0 Å². The molecule has 7 nitrogen and oxygen atoms in total. The second-order valence-electron chi connectivity index (χ2n) is 4.31. The molecular formula is C11H16N4O3. The SMILES string of the molecule is CN(CCC(=O)O)C(=O)N1CCn2ccnc2C1. The highest BCUT2D eigenvalue weighted by molar-refractivity contribution is 5.75. The predicted octanol–water partition coefficient (Wildman–Crippen LogP) is 0.225. The van der Waals surface area contributed by atoms with Crippen molar-refractivity contribution in [3.63, 3.8) is 0 Å². The van der Waals surface area contributed by atoms with Gasteiger partial charge in [-0.15, -0.1) is 0 Å². The summed E-state index contributed by atoms with van der Waals surface area (Å²) >= 11 is 0. The van der Waals surface area contributed by atoms with E-state index in [1.54, 1.807) is 18.1 Å². The number of nitrogens with zero attached hydrogens (tertiary/aromatic N) is 4. The maximum Gasteiger partial charge on any atom is 0.320 e. The Hall–Kier alpha value is -2.05. The fraction of sp³-hybridized carbons (Fsp3) is 0.545. The van der Waals surface area contributed by atoms with E-state index in [9.17, 15) is 9.59 Å². The lowest BCUT2D eigenvalue weighted by Crippen LogP contribution is -2.45. The zero-order valence-electron chi connectivity index (χ0n) is 10.2. The molecule has 0 saturated carbocycles. The van der Waals surface area contributed by atoms with Crippen molar-refractivity contribution in [2.24, 2.45) is 0 Å². The number of carboxylic acid groups (broad SMARTS) is 1. The van der Waals surface area contributed by atoms with Gasteiger partial charge in [0.1, 0.15) is 5.82 Å². The van der Waals surface area contributed by atoms with Crippen LogP contribution in [-0.4, -0.2) is 56.6 Å². The average Bonchev–Trinajstić information content (AvgIpc) is 2.81. The fourth-order valence-corrected chi connectivity index (χ4v) is 1.94. The first-order valence-corrected chi connectivity index (χ1v) is 5.80. The molecule has 0 aliphatic carbocycles. The Labute approximate surface area is 105 Å². The number of imidazole rings is 1. The van der Waals surface area contributed by atoms with Crippen LogP contribution in [0.4, 0.5) is 4.79 Å². The van der Waals surface area contributed by atoms with Gasteiger partial charge < -0.3 is 19.5 Å². The molecule has 1 aliphatic rings. The van der Waals surface area contributed by atoms with Crippen molar-refractivity contribution in [2.75, 3.05) is 20.1 Å². The molecule has 2 amide bonds. The Kier molecular flexibility index (Phi) is 3.50. The van der Waals surface area contributed by atoms with Crippen molar-refractivity contribution < 1.29 is 14.7 Å². The van der Waals surface area contributed by atoms with Crippen molar-refractivity contribution in [2.45, 2.75) is 19.5 Å². The van der Waals surface area contributed by atoms with Crippen molar-refractivity contribution in [1.82, 2.24) is 19.4 Å². The normalized spacial score (nSPS) is 14.2. The number of carbonyl (C=O) groups is 2. The summed E-state index contributed by atoms with van der Waals surface area (Å²) < 4.78 is 2.01. The molecule has 1 aromatic heterocycles. The molecule has 0 bridgehead atoms. The number of hydrogen-bond donors (Lipinski definition) is 1. The topological polar surface area (TPSA) is 78.7 Å². The number of aliphatic carboxylic acids is 1. The summed E-state index contributed by atoms with van der Waals surface area (Å²) in [6.45, 7) is 2.05. The van der Waals surface area contributed by atoms with Gasteiger partial charge in [0.15, 0.2) is 0 Å². The maximum absolute atomic E-state index is 12.1. The van der Waals surface area contributed by atoms with Crippen molar-refractivity contribution in [1.29, 1.82) is 0 Å². The highest BCUT2D eigenvalue weighted by Crippen LogP contribution is 2.11. The van der Waals surface area contributed by atoms with Crippen LogP contribution < -0.4 is 0 Å². The molecular weight excluding hydrogens is 236 g/mol. The highest BCUT2D eigenvalue weighted by atomic mass is 16.4. The summed E-state index contributed by atoms with van der Waals surface area (Å²) in [5.41, 5.74) is 0. The van der Waals surface area contributed by atoms with E-state index in [1.165, 1.54) is 4.90 Å². The third-order valence-electron chi connectivity index (χ3n) is 3.00. The zero-order chi connectivity index (χ0) is 13.1. The summed E-state index contributed by atoms with van der Waals surface area (Å²) in [6.07, 6.45) is 3.58. The lowest BCUT2D eigenvalue weighted by atomic mass is 10.3. The first-order valence-electron chi connectivity index (χ1n) is 5.80. The number of amides is 2. The van der Waals surface area contributed by atoms with Crippen LogP contribution in [0.25, 0.3) is 0 Å². The first kappa shape index (κ1) is 12.4. The van der Waals surface area contributed by atoms with E-state index in [2.05, 4.69) is 4.98 Å².